The van der Waals surface area contributed by atoms with Crippen LogP contribution in [-0.2, 0) is 11.3 Å². The third kappa shape index (κ3) is 5.30. The molecule has 1 aromatic rings. The quantitative estimate of drug-likeness (QED) is 0.791. The summed E-state index contributed by atoms with van der Waals surface area (Å²) in [5.41, 5.74) is 1.05. The number of carbonyl (C=O) groups excluding carboxylic acids is 1. The highest BCUT2D eigenvalue weighted by Crippen LogP contribution is 2.16. The summed E-state index contributed by atoms with van der Waals surface area (Å²) < 4.78 is 5.28. The normalized spacial score (nSPS) is 12.3. The molecule has 4 nitrogen and oxygen atoms in total. The largest absolute Gasteiger partial charge is 0.496 e. The van der Waals surface area contributed by atoms with E-state index in [0.29, 0.717) is 19.0 Å². The van der Waals surface area contributed by atoms with Gasteiger partial charge in [-0.3, -0.25) is 4.79 Å². The molecule has 0 spiro atoms. The van der Waals surface area contributed by atoms with Gasteiger partial charge in [-0.15, -0.1) is 0 Å². The molecule has 1 rings (SSSR count). The summed E-state index contributed by atoms with van der Waals surface area (Å²) in [4.78, 5) is 11.8. The smallest absolute Gasteiger partial charge is 0.236 e. The number of hydrogen-bond acceptors (Lipinski definition) is 3. The summed E-state index contributed by atoms with van der Waals surface area (Å²) in [5, 5.41) is 6.12. The maximum atomic E-state index is 11.8. The van der Waals surface area contributed by atoms with E-state index in [4.69, 9.17) is 4.74 Å². The highest BCUT2D eigenvalue weighted by atomic mass is 16.5. The number of methoxy groups -OCH3 is 1. The van der Waals surface area contributed by atoms with Crippen LogP contribution in [0.4, 0.5) is 0 Å². The Morgan fingerprint density at radius 1 is 1.26 bits per heavy atom. The molecule has 0 aliphatic carbocycles. The molecular formula is C15H24N2O2. The number of carbonyl (C=O) groups is 1. The van der Waals surface area contributed by atoms with E-state index in [2.05, 4.69) is 24.5 Å². The molecule has 1 atom stereocenters. The molecule has 1 unspecified atom stereocenters. The van der Waals surface area contributed by atoms with Crippen LogP contribution in [0, 0.1) is 5.92 Å². The van der Waals surface area contributed by atoms with Gasteiger partial charge in [0.05, 0.1) is 13.2 Å². The Balaban J connectivity index is 2.45. The summed E-state index contributed by atoms with van der Waals surface area (Å²) in [5.74, 6) is 1.33. The van der Waals surface area contributed by atoms with Crippen molar-refractivity contribution in [3.8, 4) is 5.75 Å². The standard InChI is InChI=1S/C15H24N2O2/c1-11(2)9-17-15(18)12(3)16-10-13-7-5-6-8-14(13)19-4/h5-8,11-12,16H,9-10H2,1-4H3,(H,17,18). The predicted octanol–water partition coefficient (Wildman–Crippen LogP) is 1.95. The van der Waals surface area contributed by atoms with E-state index in [1.54, 1.807) is 7.11 Å². The molecule has 0 saturated heterocycles. The second-order valence-electron chi connectivity index (χ2n) is 5.05. The number of ether oxygens (including phenoxy) is 1. The molecule has 0 heterocycles. The lowest BCUT2D eigenvalue weighted by atomic mass is 10.2. The van der Waals surface area contributed by atoms with Crippen LogP contribution in [0.2, 0.25) is 0 Å². The fraction of sp³-hybridized carbons (Fsp3) is 0.533. The number of amides is 1. The fourth-order valence-corrected chi connectivity index (χ4v) is 1.66. The molecular weight excluding hydrogens is 240 g/mol. The third-order valence-electron chi connectivity index (χ3n) is 2.87. The molecule has 2 N–H and O–H groups in total. The number of nitrogens with one attached hydrogen (secondary N) is 2. The minimum atomic E-state index is -0.219. The molecule has 0 aliphatic heterocycles. The predicted molar refractivity (Wildman–Crippen MR) is 77.1 cm³/mol. The zero-order chi connectivity index (χ0) is 14.3. The highest BCUT2D eigenvalue weighted by molar-refractivity contribution is 5.81. The Labute approximate surface area is 115 Å². The van der Waals surface area contributed by atoms with Crippen molar-refractivity contribution < 1.29 is 9.53 Å². The maximum Gasteiger partial charge on any atom is 0.236 e. The first kappa shape index (κ1) is 15.5. The molecule has 0 fully saturated rings. The second kappa shape index (κ2) is 7.79. The first-order valence-corrected chi connectivity index (χ1v) is 6.67. The molecule has 19 heavy (non-hydrogen) atoms. The van der Waals surface area contributed by atoms with Gasteiger partial charge in [-0.25, -0.2) is 0 Å². The lowest BCUT2D eigenvalue weighted by Crippen LogP contribution is -2.43. The highest BCUT2D eigenvalue weighted by Gasteiger charge is 2.12. The Bertz CT molecular complexity index is 405. The van der Waals surface area contributed by atoms with Crippen molar-refractivity contribution in [3.63, 3.8) is 0 Å². The van der Waals surface area contributed by atoms with E-state index in [1.165, 1.54) is 0 Å². The van der Waals surface area contributed by atoms with E-state index in [9.17, 15) is 4.79 Å². The Morgan fingerprint density at radius 2 is 1.95 bits per heavy atom. The van der Waals surface area contributed by atoms with Crippen molar-refractivity contribution in [3.05, 3.63) is 29.8 Å². The van der Waals surface area contributed by atoms with Crippen LogP contribution in [0.5, 0.6) is 5.75 Å². The Morgan fingerprint density at radius 3 is 2.58 bits per heavy atom. The lowest BCUT2D eigenvalue weighted by Gasteiger charge is -2.16. The Hall–Kier alpha value is -1.55. The lowest BCUT2D eigenvalue weighted by molar-refractivity contribution is -0.122. The van der Waals surface area contributed by atoms with Crippen molar-refractivity contribution in [2.75, 3.05) is 13.7 Å². The molecule has 4 heteroatoms. The van der Waals surface area contributed by atoms with Gasteiger partial charge in [0.2, 0.25) is 5.91 Å². The van der Waals surface area contributed by atoms with Gasteiger partial charge >= 0.3 is 0 Å². The van der Waals surface area contributed by atoms with Crippen molar-refractivity contribution in [2.45, 2.75) is 33.4 Å². The van der Waals surface area contributed by atoms with Gasteiger partial charge in [-0.1, -0.05) is 32.0 Å². The molecule has 106 valence electrons. The average Bonchev–Trinajstić information content (AvgIpc) is 2.42. The molecule has 1 amide bonds. The van der Waals surface area contributed by atoms with Crippen LogP contribution in [-0.4, -0.2) is 25.6 Å². The number of hydrogen-bond donors (Lipinski definition) is 2. The van der Waals surface area contributed by atoms with Gasteiger partial charge in [0.25, 0.3) is 0 Å². The van der Waals surface area contributed by atoms with Crippen molar-refractivity contribution in [1.29, 1.82) is 0 Å². The molecule has 0 saturated carbocycles. The summed E-state index contributed by atoms with van der Waals surface area (Å²) >= 11 is 0. The first-order chi connectivity index (χ1) is 9.04. The summed E-state index contributed by atoms with van der Waals surface area (Å²) in [6, 6.07) is 7.58. The number of rotatable bonds is 7. The summed E-state index contributed by atoms with van der Waals surface area (Å²) in [6.07, 6.45) is 0. The topological polar surface area (TPSA) is 50.4 Å². The second-order valence-corrected chi connectivity index (χ2v) is 5.05. The molecule has 0 radical (unpaired) electrons. The minimum absolute atomic E-state index is 0.0311. The summed E-state index contributed by atoms with van der Waals surface area (Å²) in [7, 11) is 1.65. The van der Waals surface area contributed by atoms with E-state index in [0.717, 1.165) is 11.3 Å². The Kier molecular flexibility index (Phi) is 6.36. The van der Waals surface area contributed by atoms with Gasteiger partial charge < -0.3 is 15.4 Å². The van der Waals surface area contributed by atoms with E-state index in [1.807, 2.05) is 31.2 Å². The van der Waals surface area contributed by atoms with Crippen LogP contribution >= 0.6 is 0 Å². The van der Waals surface area contributed by atoms with Gasteiger partial charge in [-0.05, 0) is 18.9 Å². The zero-order valence-corrected chi connectivity index (χ0v) is 12.2. The van der Waals surface area contributed by atoms with Crippen molar-refractivity contribution in [1.82, 2.24) is 10.6 Å². The minimum Gasteiger partial charge on any atom is -0.496 e. The van der Waals surface area contributed by atoms with Crippen LogP contribution in [0.1, 0.15) is 26.3 Å². The van der Waals surface area contributed by atoms with E-state index < -0.39 is 0 Å². The van der Waals surface area contributed by atoms with Gasteiger partial charge in [0, 0.05) is 18.7 Å². The maximum absolute atomic E-state index is 11.8. The molecule has 0 aliphatic rings. The third-order valence-corrected chi connectivity index (χ3v) is 2.87. The van der Waals surface area contributed by atoms with Crippen molar-refractivity contribution >= 4 is 5.91 Å². The SMILES string of the molecule is COc1ccccc1CNC(C)C(=O)NCC(C)C. The molecule has 0 aromatic heterocycles. The van der Waals surface area contributed by atoms with Gasteiger partial charge in [0.15, 0.2) is 0 Å². The van der Waals surface area contributed by atoms with E-state index in [-0.39, 0.29) is 11.9 Å². The van der Waals surface area contributed by atoms with Crippen LogP contribution < -0.4 is 15.4 Å². The summed E-state index contributed by atoms with van der Waals surface area (Å²) in [6.45, 7) is 7.34. The average molecular weight is 264 g/mol. The molecule has 1 aromatic carbocycles. The monoisotopic (exact) mass is 264 g/mol. The number of para-hydroxylation sites is 1. The van der Waals surface area contributed by atoms with Crippen LogP contribution in [0.3, 0.4) is 0 Å². The van der Waals surface area contributed by atoms with E-state index >= 15 is 0 Å². The van der Waals surface area contributed by atoms with Gasteiger partial charge in [0.1, 0.15) is 5.75 Å². The van der Waals surface area contributed by atoms with Crippen LogP contribution in [0.15, 0.2) is 24.3 Å². The van der Waals surface area contributed by atoms with Crippen LogP contribution in [0.25, 0.3) is 0 Å². The molecule has 0 bridgehead atoms. The van der Waals surface area contributed by atoms with Crippen molar-refractivity contribution in [2.24, 2.45) is 5.92 Å². The van der Waals surface area contributed by atoms with Gasteiger partial charge in [-0.2, -0.15) is 0 Å². The fourth-order valence-electron chi connectivity index (χ4n) is 1.66. The first-order valence-electron chi connectivity index (χ1n) is 6.67. The zero-order valence-electron chi connectivity index (χ0n) is 12.2. The number of benzene rings is 1.